The van der Waals surface area contributed by atoms with E-state index >= 15 is 0 Å². The monoisotopic (exact) mass is 389 g/mol. The van der Waals surface area contributed by atoms with Gasteiger partial charge in [-0.05, 0) is 46.9 Å². The molecule has 0 bridgehead atoms. The Labute approximate surface area is 162 Å². The Morgan fingerprint density at radius 2 is 2.27 bits per heavy atom. The predicted octanol–water partition coefficient (Wildman–Crippen LogP) is 3.39. The zero-order chi connectivity index (χ0) is 18.4. The fraction of sp³-hybridized carbons (Fsp3) is 0.263. The van der Waals surface area contributed by atoms with Crippen LogP contribution < -0.4 is 11.1 Å². The summed E-state index contributed by atoms with van der Waals surface area (Å²) in [7, 11) is 0. The summed E-state index contributed by atoms with van der Waals surface area (Å²) in [5.74, 6) is 0. The molecule has 0 unspecified atom stereocenters. The maximum absolute atomic E-state index is 10.8. The number of nitrogens with zero attached hydrogens (tertiary/aromatic N) is 1. The molecule has 3 N–H and O–H groups in total. The molecule has 0 saturated carbocycles. The van der Waals surface area contributed by atoms with Crippen molar-refractivity contribution in [3.63, 3.8) is 0 Å². The minimum absolute atomic E-state index is 0.397. The molecule has 1 aliphatic rings. The van der Waals surface area contributed by atoms with Crippen molar-refractivity contribution in [2.45, 2.75) is 29.4 Å². The first kappa shape index (κ1) is 18.9. The van der Waals surface area contributed by atoms with Crippen LogP contribution in [0, 0.1) is 0 Å². The summed E-state index contributed by atoms with van der Waals surface area (Å²) >= 11 is 8.10. The Balaban J connectivity index is 2.00. The Morgan fingerprint density at radius 3 is 3.00 bits per heavy atom. The molecule has 2 aromatic rings. The van der Waals surface area contributed by atoms with Crippen molar-refractivity contribution in [2.24, 2.45) is 5.73 Å². The van der Waals surface area contributed by atoms with E-state index in [1.54, 1.807) is 6.20 Å². The lowest BCUT2D eigenvalue weighted by molar-refractivity contribution is -0.109. The number of benzene rings is 1. The second kappa shape index (κ2) is 9.19. The Morgan fingerprint density at radius 1 is 1.38 bits per heavy atom. The first-order valence-electron chi connectivity index (χ1n) is 8.31. The van der Waals surface area contributed by atoms with E-state index < -0.39 is 0 Å². The fourth-order valence-corrected chi connectivity index (χ4v) is 4.15. The van der Waals surface area contributed by atoms with Gasteiger partial charge in [0.2, 0.25) is 6.41 Å². The highest BCUT2D eigenvalue weighted by Crippen LogP contribution is 2.39. The predicted molar refractivity (Wildman–Crippen MR) is 104 cm³/mol. The molecule has 1 aromatic heterocycles. The van der Waals surface area contributed by atoms with Crippen LogP contribution in [-0.2, 0) is 22.6 Å². The molecule has 0 atom stereocenters. The third-order valence-corrected chi connectivity index (χ3v) is 5.76. The maximum atomic E-state index is 10.8. The van der Waals surface area contributed by atoms with Crippen molar-refractivity contribution >= 4 is 35.3 Å². The summed E-state index contributed by atoms with van der Waals surface area (Å²) in [6, 6.07) is 7.86. The first-order valence-corrected chi connectivity index (χ1v) is 9.50. The van der Waals surface area contributed by atoms with Crippen LogP contribution in [-0.4, -0.2) is 24.6 Å². The number of hydrogen-bond donors (Lipinski definition) is 2. The number of carbonyl (C=O) groups is 1. The van der Waals surface area contributed by atoms with Gasteiger partial charge in [-0.15, -0.1) is 0 Å². The standard InChI is InChI=1S/C19H20ClN3O2S/c20-17-9-15(13-3-6-25-7-4-13)8-16(11-22-12-24)18(17)26-19-14(10-21)2-1-5-23-19/h1-3,5,8-9,12H,4,6-7,10-11,21H2,(H,22,24). The fourth-order valence-electron chi connectivity index (χ4n) is 2.79. The van der Waals surface area contributed by atoms with E-state index in [4.69, 9.17) is 22.1 Å². The molecular formula is C19H20ClN3O2S. The highest BCUT2D eigenvalue weighted by atomic mass is 35.5. The Hall–Kier alpha value is -1.86. The van der Waals surface area contributed by atoms with E-state index in [-0.39, 0.29) is 0 Å². The number of amides is 1. The summed E-state index contributed by atoms with van der Waals surface area (Å²) < 4.78 is 5.38. The minimum atomic E-state index is 0.397. The summed E-state index contributed by atoms with van der Waals surface area (Å²) in [4.78, 5) is 16.1. The molecule has 0 saturated heterocycles. The van der Waals surface area contributed by atoms with Crippen molar-refractivity contribution in [3.8, 4) is 0 Å². The van der Waals surface area contributed by atoms with Crippen LogP contribution in [0.15, 0.2) is 46.5 Å². The molecule has 3 rings (SSSR count). The van der Waals surface area contributed by atoms with Gasteiger partial charge in [0.05, 0.1) is 18.2 Å². The zero-order valence-electron chi connectivity index (χ0n) is 14.2. The molecule has 0 fully saturated rings. The topological polar surface area (TPSA) is 77.2 Å². The Kier molecular flexibility index (Phi) is 6.68. The first-order chi connectivity index (χ1) is 12.7. The van der Waals surface area contributed by atoms with Gasteiger partial charge in [-0.1, -0.05) is 35.5 Å². The molecule has 0 spiro atoms. The largest absolute Gasteiger partial charge is 0.377 e. The highest BCUT2D eigenvalue weighted by Gasteiger charge is 2.16. The smallest absolute Gasteiger partial charge is 0.207 e. The Bertz CT molecular complexity index is 826. The quantitative estimate of drug-likeness (QED) is 0.710. The van der Waals surface area contributed by atoms with Gasteiger partial charge in [0.15, 0.2) is 0 Å². The lowest BCUT2D eigenvalue weighted by Crippen LogP contribution is -2.12. The van der Waals surface area contributed by atoms with Crippen molar-refractivity contribution in [3.05, 3.63) is 58.3 Å². The van der Waals surface area contributed by atoms with Crippen molar-refractivity contribution < 1.29 is 9.53 Å². The van der Waals surface area contributed by atoms with E-state index in [9.17, 15) is 4.79 Å². The second-order valence-electron chi connectivity index (χ2n) is 5.77. The van der Waals surface area contributed by atoms with Crippen LogP contribution in [0.5, 0.6) is 0 Å². The average Bonchev–Trinajstić information content (AvgIpc) is 2.69. The van der Waals surface area contributed by atoms with Gasteiger partial charge in [-0.25, -0.2) is 4.98 Å². The van der Waals surface area contributed by atoms with Crippen LogP contribution >= 0.6 is 23.4 Å². The molecule has 1 aliphatic heterocycles. The molecule has 7 heteroatoms. The molecule has 26 heavy (non-hydrogen) atoms. The van der Waals surface area contributed by atoms with E-state index in [1.165, 1.54) is 17.3 Å². The molecule has 5 nitrogen and oxygen atoms in total. The van der Waals surface area contributed by atoms with Crippen LogP contribution in [0.25, 0.3) is 5.57 Å². The van der Waals surface area contributed by atoms with Crippen LogP contribution in [0.1, 0.15) is 23.1 Å². The van der Waals surface area contributed by atoms with Gasteiger partial charge in [-0.2, -0.15) is 0 Å². The van der Waals surface area contributed by atoms with E-state index in [0.717, 1.165) is 33.0 Å². The second-order valence-corrected chi connectivity index (χ2v) is 7.18. The number of carbonyl (C=O) groups excluding carboxylic acids is 1. The molecule has 2 heterocycles. The van der Waals surface area contributed by atoms with Crippen molar-refractivity contribution in [2.75, 3.05) is 13.2 Å². The average molecular weight is 390 g/mol. The lowest BCUT2D eigenvalue weighted by Gasteiger charge is -2.18. The van der Waals surface area contributed by atoms with E-state index in [1.807, 2.05) is 18.2 Å². The number of hydrogen-bond acceptors (Lipinski definition) is 5. The summed E-state index contributed by atoms with van der Waals surface area (Å²) in [5, 5.41) is 4.19. The van der Waals surface area contributed by atoms with Crippen LogP contribution in [0.3, 0.4) is 0 Å². The minimum Gasteiger partial charge on any atom is -0.377 e. The molecule has 136 valence electrons. The number of nitrogens with two attached hydrogens (primary N) is 1. The van der Waals surface area contributed by atoms with Crippen molar-refractivity contribution in [1.82, 2.24) is 10.3 Å². The van der Waals surface area contributed by atoms with Gasteiger partial charge in [0.25, 0.3) is 0 Å². The third-order valence-electron chi connectivity index (χ3n) is 4.10. The van der Waals surface area contributed by atoms with Gasteiger partial charge in [0, 0.05) is 24.2 Å². The summed E-state index contributed by atoms with van der Waals surface area (Å²) in [5.41, 5.74) is 10.00. The lowest BCUT2D eigenvalue weighted by atomic mass is 9.99. The van der Waals surface area contributed by atoms with Gasteiger partial charge < -0.3 is 15.8 Å². The zero-order valence-corrected chi connectivity index (χ0v) is 15.8. The molecule has 1 amide bonds. The number of halogens is 1. The summed E-state index contributed by atoms with van der Waals surface area (Å²) in [6.07, 6.45) is 5.35. The molecule has 0 aliphatic carbocycles. The van der Waals surface area contributed by atoms with Gasteiger partial charge in [-0.3, -0.25) is 4.79 Å². The number of rotatable bonds is 7. The third kappa shape index (κ3) is 4.45. The molecule has 0 radical (unpaired) electrons. The number of ether oxygens (including phenoxy) is 1. The number of pyridine rings is 1. The number of nitrogens with one attached hydrogen (secondary N) is 1. The van der Waals surface area contributed by atoms with Crippen LogP contribution in [0.2, 0.25) is 5.02 Å². The van der Waals surface area contributed by atoms with E-state index in [0.29, 0.717) is 37.7 Å². The summed E-state index contributed by atoms with van der Waals surface area (Å²) in [6.45, 7) is 2.11. The number of aromatic nitrogens is 1. The van der Waals surface area contributed by atoms with Crippen LogP contribution in [0.4, 0.5) is 0 Å². The molecular weight excluding hydrogens is 370 g/mol. The maximum Gasteiger partial charge on any atom is 0.207 e. The highest BCUT2D eigenvalue weighted by molar-refractivity contribution is 7.99. The van der Waals surface area contributed by atoms with E-state index in [2.05, 4.69) is 22.4 Å². The van der Waals surface area contributed by atoms with Crippen molar-refractivity contribution in [1.29, 1.82) is 0 Å². The normalized spacial score (nSPS) is 14.0. The van der Waals surface area contributed by atoms with Gasteiger partial charge in [0.1, 0.15) is 5.03 Å². The molecule has 1 aromatic carbocycles. The SMILES string of the molecule is NCc1cccnc1Sc1c(Cl)cc(C2=CCOCC2)cc1CNC=O. The van der Waals surface area contributed by atoms with Gasteiger partial charge >= 0.3 is 0 Å².